The van der Waals surface area contributed by atoms with Crippen LogP contribution in [0.1, 0.15) is 251 Å². The zero-order valence-electron chi connectivity index (χ0n) is 54.9. The summed E-state index contributed by atoms with van der Waals surface area (Å²) < 4.78 is 37.6. The van der Waals surface area contributed by atoms with Gasteiger partial charge < -0.3 is 0 Å². The first-order valence-corrected chi connectivity index (χ1v) is 33.2. The summed E-state index contributed by atoms with van der Waals surface area (Å²) in [5, 5.41) is 6.44. The van der Waals surface area contributed by atoms with E-state index in [-0.39, 0.29) is 11.7 Å². The number of aromatic nitrogens is 2. The maximum atomic E-state index is 12.5. The van der Waals surface area contributed by atoms with Crippen molar-refractivity contribution in [2.75, 3.05) is 0 Å². The van der Waals surface area contributed by atoms with Gasteiger partial charge in [0.1, 0.15) is 17.5 Å². The molecule has 1 aliphatic carbocycles. The highest BCUT2D eigenvalue weighted by Gasteiger charge is 2.23. The number of nitrogens with zero attached hydrogens (tertiary/aromatic N) is 3. The third-order valence-electron chi connectivity index (χ3n) is 13.5. The number of benzene rings is 5. The number of thiazole rings is 1. The summed E-state index contributed by atoms with van der Waals surface area (Å²) in [5.74, 6) is 4.79. The number of hydrogen-bond donors (Lipinski definition) is 0. The Hall–Kier alpha value is -6.44. The molecule has 0 bridgehead atoms. The van der Waals surface area contributed by atoms with Crippen molar-refractivity contribution in [1.29, 1.82) is 0 Å². The van der Waals surface area contributed by atoms with Crippen molar-refractivity contribution in [3.8, 4) is 0 Å². The summed E-state index contributed by atoms with van der Waals surface area (Å²) in [6.45, 7) is 45.4. The molecular weight excluding hydrogens is 1120 g/mol. The molecule has 0 spiro atoms. The van der Waals surface area contributed by atoms with Crippen LogP contribution in [-0.4, -0.2) is 9.97 Å². The van der Waals surface area contributed by atoms with E-state index in [4.69, 9.17) is 6.57 Å². The predicted molar refractivity (Wildman–Crippen MR) is 372 cm³/mol. The summed E-state index contributed by atoms with van der Waals surface area (Å²) in [4.78, 5) is 14.2. The van der Waals surface area contributed by atoms with Gasteiger partial charge in [0.2, 0.25) is 0 Å². The number of thiophene rings is 2. The highest BCUT2D eigenvalue weighted by molar-refractivity contribution is 7.10. The summed E-state index contributed by atoms with van der Waals surface area (Å²) in [5.41, 5.74) is 12.8. The Morgan fingerprint density at radius 2 is 0.895 bits per heavy atom. The lowest BCUT2D eigenvalue weighted by molar-refractivity contribution is 0.577. The Bertz CT molecular complexity index is 2960. The van der Waals surface area contributed by atoms with E-state index in [0.29, 0.717) is 52.9 Å². The van der Waals surface area contributed by atoms with Crippen LogP contribution in [0.5, 0.6) is 0 Å². The third-order valence-corrected chi connectivity index (χ3v) is 16.5. The Morgan fingerprint density at radius 1 is 0.395 bits per heavy atom. The molecule has 0 saturated heterocycles. The topological polar surface area (TPSA) is 30.1 Å². The minimum atomic E-state index is -0.506. The van der Waals surface area contributed by atoms with Crippen molar-refractivity contribution in [3.63, 3.8) is 0 Å². The van der Waals surface area contributed by atoms with Gasteiger partial charge in [-0.2, -0.15) is 11.3 Å². The van der Waals surface area contributed by atoms with Crippen LogP contribution in [0.4, 0.5) is 18.9 Å². The third kappa shape index (κ3) is 32.9. The lowest BCUT2D eigenvalue weighted by atomic mass is 9.99. The van der Waals surface area contributed by atoms with Crippen LogP contribution < -0.4 is 0 Å². The molecule has 4 heterocycles. The van der Waals surface area contributed by atoms with E-state index in [1.54, 1.807) is 46.6 Å². The maximum Gasteiger partial charge on any atom is 0.187 e. The summed E-state index contributed by atoms with van der Waals surface area (Å²) >= 11 is 5.32. The van der Waals surface area contributed by atoms with Gasteiger partial charge in [0, 0.05) is 34.4 Å². The van der Waals surface area contributed by atoms with E-state index in [0.717, 1.165) is 23.2 Å². The Balaban J connectivity index is 0.000000331. The van der Waals surface area contributed by atoms with Crippen LogP contribution in [0.15, 0.2) is 192 Å². The zero-order valence-corrected chi connectivity index (χ0v) is 57.3. The molecule has 3 nitrogen and oxygen atoms in total. The van der Waals surface area contributed by atoms with Gasteiger partial charge >= 0.3 is 0 Å². The predicted octanol–water partition coefficient (Wildman–Crippen LogP) is 26.1. The van der Waals surface area contributed by atoms with Crippen LogP contribution in [0.3, 0.4) is 0 Å². The SMILES string of the molecule is CC(C)c1cc(F)cc(F)c1.CC(C)c1cccc(C2CC2)c1.CC(C)c1cccc(F)c1.CC(C)c1ccccc1.CC(C)c1cccnc1.CC(C)c1cccs1.CC(C)c1ccsc1.CC(C)c1cncs1.[C-]#[N+]c1cccc(C(C)C)c1. The van der Waals surface area contributed by atoms with Crippen molar-refractivity contribution < 1.29 is 13.2 Å². The minimum Gasteiger partial charge on any atom is -0.264 e. The van der Waals surface area contributed by atoms with Crippen molar-refractivity contribution in [1.82, 2.24) is 9.97 Å². The van der Waals surface area contributed by atoms with Gasteiger partial charge in [0.15, 0.2) is 5.69 Å². The molecule has 0 N–H and O–H groups in total. The molecule has 4 aromatic heterocycles. The average molecular weight is 1220 g/mol. The van der Waals surface area contributed by atoms with Crippen molar-refractivity contribution in [3.05, 3.63) is 275 Å². The normalized spacial score (nSPS) is 11.2. The van der Waals surface area contributed by atoms with Crippen molar-refractivity contribution >= 4 is 39.7 Å². The lowest BCUT2D eigenvalue weighted by Crippen LogP contribution is -1.90. The largest absolute Gasteiger partial charge is 0.264 e. The molecule has 1 saturated carbocycles. The van der Waals surface area contributed by atoms with Gasteiger partial charge in [0.05, 0.1) is 12.1 Å². The number of halogens is 3. The lowest BCUT2D eigenvalue weighted by Gasteiger charge is -2.06. The van der Waals surface area contributed by atoms with Crippen LogP contribution in [0, 0.1) is 24.0 Å². The molecule has 1 aliphatic rings. The van der Waals surface area contributed by atoms with E-state index in [2.05, 4.69) is 221 Å². The second-order valence-corrected chi connectivity index (χ2v) is 26.7. The molecule has 0 aliphatic heterocycles. The van der Waals surface area contributed by atoms with Crippen molar-refractivity contribution in [2.45, 2.75) is 197 Å². The number of pyridine rings is 1. The molecule has 1 fully saturated rings. The van der Waals surface area contributed by atoms with Gasteiger partial charge in [-0.3, -0.25) is 9.97 Å². The molecule has 0 amide bonds. The Morgan fingerprint density at radius 3 is 1.26 bits per heavy atom. The van der Waals surface area contributed by atoms with Crippen LogP contribution in [0.2, 0.25) is 0 Å². The molecule has 10 rings (SSSR count). The fourth-order valence-electron chi connectivity index (χ4n) is 7.61. The fraction of sp³-hybridized carbons (Fsp3) is 0.390. The van der Waals surface area contributed by atoms with E-state index in [9.17, 15) is 13.2 Å². The molecular formula is C77H100F3N3S3. The van der Waals surface area contributed by atoms with E-state index >= 15 is 0 Å². The van der Waals surface area contributed by atoms with E-state index in [1.165, 1.54) is 68.6 Å². The zero-order chi connectivity index (χ0) is 64.1. The summed E-state index contributed by atoms with van der Waals surface area (Å²) in [6, 6.07) is 48.2. The molecule has 0 atom stereocenters. The monoisotopic (exact) mass is 1220 g/mol. The van der Waals surface area contributed by atoms with Crippen LogP contribution in [-0.2, 0) is 0 Å². The quantitative estimate of drug-likeness (QED) is 0.128. The van der Waals surface area contributed by atoms with Gasteiger partial charge in [-0.1, -0.05) is 233 Å². The van der Waals surface area contributed by atoms with E-state index in [1.807, 2.05) is 79.5 Å². The van der Waals surface area contributed by atoms with Crippen molar-refractivity contribution in [2.24, 2.45) is 0 Å². The molecule has 0 unspecified atom stereocenters. The average Bonchev–Trinajstić information content (AvgIpc) is 4.04. The summed E-state index contributed by atoms with van der Waals surface area (Å²) in [6.07, 6.45) is 8.44. The first-order valence-electron chi connectivity index (χ1n) is 30.5. The Kier molecular flexibility index (Phi) is 37.3. The highest BCUT2D eigenvalue weighted by Crippen LogP contribution is 2.40. The maximum absolute atomic E-state index is 12.5. The van der Waals surface area contributed by atoms with Gasteiger partial charge in [-0.25, -0.2) is 18.0 Å². The molecule has 462 valence electrons. The minimum absolute atomic E-state index is 0.147. The van der Waals surface area contributed by atoms with Gasteiger partial charge in [0.25, 0.3) is 0 Å². The van der Waals surface area contributed by atoms with Gasteiger partial charge in [-0.05, 0) is 170 Å². The van der Waals surface area contributed by atoms with E-state index < -0.39 is 11.6 Å². The molecule has 86 heavy (non-hydrogen) atoms. The fourth-order valence-corrected chi connectivity index (χ4v) is 9.81. The standard InChI is InChI=1S/C12H16.C10H11N.C9H10F2.C9H11F.C9H12.C8H11N.2C7H10S.C6H9NS/c1-9(2)11-4-3-5-12(8-11)10-6-7-10;1-8(2)9-5-4-6-10(7-9)11-3;1-6(2)7-3-8(10)5-9(11)4-7;1-7(2)8-4-3-5-9(10)6-8;1-8(2)9-6-4-3-5-7-9;1-7(2)8-4-3-5-9-6-8;1-6(2)7-3-4-8-5-7;1-6(2)7-4-3-5-8-7;1-5(2)6-3-7-4-8-6/h3-5,8-10H,6-7H2,1-2H3;4-8H,1-2H3;3-6H,1-2H3;3-7H,1-2H3;3-8H,1-2H3;3-7H,1-2H3;2*3-6H,1-2H3;3-5H,1-2H3. The van der Waals surface area contributed by atoms with Crippen LogP contribution >= 0.6 is 34.0 Å². The first-order chi connectivity index (χ1) is 40.8. The van der Waals surface area contributed by atoms with Gasteiger partial charge in [-0.15, -0.1) is 22.7 Å². The molecule has 5 aromatic carbocycles. The molecule has 9 aromatic rings. The second-order valence-electron chi connectivity index (χ2n) is 24.0. The highest BCUT2D eigenvalue weighted by atomic mass is 32.1. The molecule has 9 heteroatoms. The summed E-state index contributed by atoms with van der Waals surface area (Å²) in [7, 11) is 0. The molecule has 0 radical (unpaired) electrons. The Labute approximate surface area is 531 Å². The van der Waals surface area contributed by atoms with Crippen LogP contribution in [0.25, 0.3) is 4.85 Å². The smallest absolute Gasteiger partial charge is 0.187 e. The first kappa shape index (κ1) is 75.7. The second kappa shape index (κ2) is 42.4. The number of hydrogen-bond acceptors (Lipinski definition) is 5. The number of rotatable bonds is 10.